The summed E-state index contributed by atoms with van der Waals surface area (Å²) < 4.78 is 0. The van der Waals surface area contributed by atoms with Gasteiger partial charge in [-0.25, -0.2) is 5.84 Å². The molecule has 0 bridgehead atoms. The molecule has 0 aliphatic carbocycles. The second-order valence-electron chi connectivity index (χ2n) is 4.67. The minimum Gasteiger partial charge on any atom is -0.301 e. The highest BCUT2D eigenvalue weighted by Crippen LogP contribution is 2.19. The smallest absolute Gasteiger partial charge is 0.240 e. The molecular weight excluding hydrogens is 194 g/mol. The number of carbonyl (C=O) groups is 2. The molecule has 1 aliphatic heterocycles. The van der Waals surface area contributed by atoms with Gasteiger partial charge in [0.25, 0.3) is 0 Å². The van der Waals surface area contributed by atoms with Gasteiger partial charge in [-0.05, 0) is 13.8 Å². The molecule has 5 heteroatoms. The molecule has 1 amide bonds. The summed E-state index contributed by atoms with van der Waals surface area (Å²) in [5.74, 6) is 5.26. The number of amides is 1. The van der Waals surface area contributed by atoms with E-state index in [1.165, 1.54) is 0 Å². The zero-order valence-corrected chi connectivity index (χ0v) is 9.38. The summed E-state index contributed by atoms with van der Waals surface area (Å²) in [5.41, 5.74) is 1.67. The second-order valence-corrected chi connectivity index (χ2v) is 4.67. The van der Waals surface area contributed by atoms with Crippen LogP contribution in [0.2, 0.25) is 0 Å². The number of hydrogen-bond donors (Lipinski definition) is 2. The van der Waals surface area contributed by atoms with E-state index in [0.717, 1.165) is 13.1 Å². The molecule has 5 nitrogen and oxygen atoms in total. The van der Waals surface area contributed by atoms with E-state index in [1.54, 1.807) is 0 Å². The van der Waals surface area contributed by atoms with Crippen molar-refractivity contribution in [3.8, 4) is 0 Å². The van der Waals surface area contributed by atoms with Crippen LogP contribution < -0.4 is 11.3 Å². The molecule has 1 rings (SSSR count). The van der Waals surface area contributed by atoms with Crippen molar-refractivity contribution in [2.45, 2.75) is 26.7 Å². The van der Waals surface area contributed by atoms with Crippen LogP contribution >= 0.6 is 0 Å². The first kappa shape index (κ1) is 12.1. The van der Waals surface area contributed by atoms with Crippen LogP contribution in [-0.2, 0) is 9.59 Å². The van der Waals surface area contributed by atoms with E-state index < -0.39 is 5.41 Å². The van der Waals surface area contributed by atoms with E-state index in [0.29, 0.717) is 25.2 Å². The lowest BCUT2D eigenvalue weighted by Crippen LogP contribution is -2.48. The van der Waals surface area contributed by atoms with Crippen LogP contribution in [0, 0.1) is 5.41 Å². The summed E-state index contributed by atoms with van der Waals surface area (Å²) in [6.07, 6.45) is 1.20. The quantitative estimate of drug-likeness (QED) is 0.382. The van der Waals surface area contributed by atoms with Gasteiger partial charge in [-0.1, -0.05) is 0 Å². The van der Waals surface area contributed by atoms with Crippen LogP contribution in [0.4, 0.5) is 0 Å². The summed E-state index contributed by atoms with van der Waals surface area (Å²) >= 11 is 0. The zero-order chi connectivity index (χ0) is 11.5. The molecular formula is C10H19N3O2. The first-order valence-electron chi connectivity index (χ1n) is 5.21. The van der Waals surface area contributed by atoms with Crippen molar-refractivity contribution in [3.63, 3.8) is 0 Å². The molecule has 0 aromatic carbocycles. The molecule has 0 aromatic rings. The predicted molar refractivity (Wildman–Crippen MR) is 56.8 cm³/mol. The lowest BCUT2D eigenvalue weighted by Gasteiger charge is -2.33. The van der Waals surface area contributed by atoms with Crippen LogP contribution in [-0.4, -0.2) is 36.2 Å². The number of carbonyl (C=O) groups excluding carboxylic acids is 2. The fraction of sp³-hybridized carbons (Fsp3) is 0.800. The number of nitrogens with two attached hydrogens (primary N) is 1. The Morgan fingerprint density at radius 2 is 2.00 bits per heavy atom. The van der Waals surface area contributed by atoms with E-state index in [2.05, 4.69) is 10.3 Å². The van der Waals surface area contributed by atoms with Gasteiger partial charge in [0.15, 0.2) is 0 Å². The summed E-state index contributed by atoms with van der Waals surface area (Å²) in [4.78, 5) is 24.6. The maximum atomic E-state index is 11.4. The Labute approximate surface area is 90.0 Å². The summed E-state index contributed by atoms with van der Waals surface area (Å²) in [7, 11) is 0. The molecule has 0 spiro atoms. The van der Waals surface area contributed by atoms with E-state index in [-0.39, 0.29) is 5.91 Å². The normalized spacial score (nSPS) is 19.0. The average Bonchev–Trinajstić information content (AvgIpc) is 2.20. The molecule has 1 saturated heterocycles. The van der Waals surface area contributed by atoms with Gasteiger partial charge in [0.05, 0.1) is 5.41 Å². The number of piperidine rings is 1. The van der Waals surface area contributed by atoms with Crippen molar-refractivity contribution in [1.29, 1.82) is 0 Å². The van der Waals surface area contributed by atoms with E-state index >= 15 is 0 Å². The molecule has 0 unspecified atom stereocenters. The van der Waals surface area contributed by atoms with Gasteiger partial charge in [0.1, 0.15) is 5.78 Å². The highest BCUT2D eigenvalue weighted by atomic mass is 16.2. The van der Waals surface area contributed by atoms with Gasteiger partial charge in [-0.2, -0.15) is 0 Å². The molecule has 0 aromatic heterocycles. The Hall–Kier alpha value is -0.940. The number of hydrogen-bond acceptors (Lipinski definition) is 4. The Kier molecular flexibility index (Phi) is 3.82. The monoisotopic (exact) mass is 213 g/mol. The number of hydrazine groups is 1. The van der Waals surface area contributed by atoms with Crippen molar-refractivity contribution in [2.24, 2.45) is 11.3 Å². The predicted octanol–water partition coefficient (Wildman–Crippen LogP) is -0.333. The van der Waals surface area contributed by atoms with Crippen molar-refractivity contribution in [2.75, 3.05) is 19.6 Å². The molecule has 0 atom stereocenters. The Bertz CT molecular complexity index is 253. The fourth-order valence-corrected chi connectivity index (χ4v) is 1.79. The van der Waals surface area contributed by atoms with Crippen LogP contribution in [0.1, 0.15) is 26.7 Å². The van der Waals surface area contributed by atoms with Crippen LogP contribution in [0.25, 0.3) is 0 Å². The largest absolute Gasteiger partial charge is 0.301 e. The van der Waals surface area contributed by atoms with E-state index in [9.17, 15) is 9.59 Å². The SMILES string of the molecule is CC(C)(CN1CCC(=O)CC1)C(=O)NN. The van der Waals surface area contributed by atoms with Gasteiger partial charge in [-0.3, -0.25) is 15.0 Å². The molecule has 15 heavy (non-hydrogen) atoms. The van der Waals surface area contributed by atoms with E-state index in [1.807, 2.05) is 13.8 Å². The number of ketones is 1. The van der Waals surface area contributed by atoms with Gasteiger partial charge < -0.3 is 4.90 Å². The van der Waals surface area contributed by atoms with E-state index in [4.69, 9.17) is 5.84 Å². The maximum Gasteiger partial charge on any atom is 0.240 e. The number of likely N-dealkylation sites (tertiary alicyclic amines) is 1. The van der Waals surface area contributed by atoms with Gasteiger partial charge in [0.2, 0.25) is 5.91 Å². The Balaban J connectivity index is 2.47. The lowest BCUT2D eigenvalue weighted by molar-refractivity contribution is -0.130. The van der Waals surface area contributed by atoms with Crippen molar-refractivity contribution in [3.05, 3.63) is 0 Å². The minimum atomic E-state index is -0.505. The number of rotatable bonds is 3. The molecule has 1 fully saturated rings. The average molecular weight is 213 g/mol. The molecule has 3 N–H and O–H groups in total. The molecule has 86 valence electrons. The first-order chi connectivity index (χ1) is 6.95. The molecule has 1 heterocycles. The van der Waals surface area contributed by atoms with Crippen LogP contribution in [0.15, 0.2) is 0 Å². The third-order valence-corrected chi connectivity index (χ3v) is 2.78. The second kappa shape index (κ2) is 4.72. The Morgan fingerprint density at radius 1 is 1.47 bits per heavy atom. The van der Waals surface area contributed by atoms with Crippen molar-refractivity contribution >= 4 is 11.7 Å². The van der Waals surface area contributed by atoms with Crippen LogP contribution in [0.5, 0.6) is 0 Å². The lowest BCUT2D eigenvalue weighted by atomic mass is 9.91. The van der Waals surface area contributed by atoms with Crippen molar-refractivity contribution in [1.82, 2.24) is 10.3 Å². The molecule has 1 aliphatic rings. The topological polar surface area (TPSA) is 75.4 Å². The van der Waals surface area contributed by atoms with Crippen molar-refractivity contribution < 1.29 is 9.59 Å². The number of Topliss-reactive ketones (excluding diaryl/α,β-unsaturated/α-hetero) is 1. The molecule has 0 saturated carbocycles. The number of nitrogens with zero attached hydrogens (tertiary/aromatic N) is 1. The highest BCUT2D eigenvalue weighted by Gasteiger charge is 2.30. The highest BCUT2D eigenvalue weighted by molar-refractivity contribution is 5.81. The standard InChI is InChI=1S/C10H19N3O2/c1-10(2,9(15)12-11)7-13-5-3-8(14)4-6-13/h3-7,11H2,1-2H3,(H,12,15). The van der Waals surface area contributed by atoms with Gasteiger partial charge in [0, 0.05) is 32.5 Å². The Morgan fingerprint density at radius 3 is 2.47 bits per heavy atom. The first-order valence-corrected chi connectivity index (χ1v) is 5.21. The zero-order valence-electron chi connectivity index (χ0n) is 9.38. The summed E-state index contributed by atoms with van der Waals surface area (Å²) in [5, 5.41) is 0. The number of nitrogens with one attached hydrogen (secondary N) is 1. The maximum absolute atomic E-state index is 11.4. The third kappa shape index (κ3) is 3.28. The fourth-order valence-electron chi connectivity index (χ4n) is 1.79. The summed E-state index contributed by atoms with van der Waals surface area (Å²) in [6.45, 7) is 5.85. The third-order valence-electron chi connectivity index (χ3n) is 2.78. The van der Waals surface area contributed by atoms with Crippen LogP contribution in [0.3, 0.4) is 0 Å². The minimum absolute atomic E-state index is 0.167. The summed E-state index contributed by atoms with van der Waals surface area (Å²) in [6, 6.07) is 0. The van der Waals surface area contributed by atoms with Gasteiger partial charge in [-0.15, -0.1) is 0 Å². The van der Waals surface area contributed by atoms with Gasteiger partial charge >= 0.3 is 0 Å². The molecule has 0 radical (unpaired) electrons.